The first-order valence-electron chi connectivity index (χ1n) is 5.63. The van der Waals surface area contributed by atoms with Crippen LogP contribution in [0, 0.1) is 0 Å². The quantitative estimate of drug-likeness (QED) is 0.744. The molecule has 1 amide bonds. The van der Waals surface area contributed by atoms with E-state index in [-0.39, 0.29) is 11.5 Å². The molecule has 0 saturated heterocycles. The third-order valence-electron chi connectivity index (χ3n) is 2.66. The van der Waals surface area contributed by atoms with Crippen LogP contribution in [0.15, 0.2) is 41.6 Å². The van der Waals surface area contributed by atoms with Crippen LogP contribution in [0.3, 0.4) is 0 Å². The number of aromatic amines is 1. The Labute approximate surface area is 117 Å². The van der Waals surface area contributed by atoms with Crippen LogP contribution < -0.4 is 10.9 Å². The molecule has 7 nitrogen and oxygen atoms in total. The Morgan fingerprint density at radius 2 is 2.00 bits per heavy atom. The number of nitrogens with one attached hydrogen (secondary N) is 2. The van der Waals surface area contributed by atoms with Crippen LogP contribution in [0.25, 0.3) is 5.78 Å². The van der Waals surface area contributed by atoms with Crippen molar-refractivity contribution in [1.29, 1.82) is 0 Å². The molecule has 0 unspecified atom stereocenters. The Morgan fingerprint density at radius 3 is 2.75 bits per heavy atom. The lowest BCUT2D eigenvalue weighted by Gasteiger charge is -2.04. The summed E-state index contributed by atoms with van der Waals surface area (Å²) in [5, 5.41) is 5.64. The van der Waals surface area contributed by atoms with Crippen molar-refractivity contribution in [3.8, 4) is 0 Å². The van der Waals surface area contributed by atoms with Gasteiger partial charge in [0.15, 0.2) is 0 Å². The van der Waals surface area contributed by atoms with E-state index >= 15 is 0 Å². The minimum atomic E-state index is -0.435. The molecule has 0 radical (unpaired) electrons. The first-order chi connectivity index (χ1) is 9.65. The summed E-state index contributed by atoms with van der Waals surface area (Å²) in [6, 6.07) is 6.33. The number of aromatic nitrogens is 4. The van der Waals surface area contributed by atoms with Crippen molar-refractivity contribution in [3.63, 3.8) is 0 Å². The highest BCUT2D eigenvalue weighted by atomic mass is 35.5. The van der Waals surface area contributed by atoms with Gasteiger partial charge in [0.05, 0.1) is 6.20 Å². The predicted molar refractivity (Wildman–Crippen MR) is 73.0 cm³/mol. The molecule has 0 saturated carbocycles. The van der Waals surface area contributed by atoms with Crippen LogP contribution in [0.5, 0.6) is 0 Å². The molecule has 3 aromatic rings. The van der Waals surface area contributed by atoms with Crippen LogP contribution in [0.2, 0.25) is 5.02 Å². The van der Waals surface area contributed by atoms with Crippen molar-refractivity contribution in [2.45, 2.75) is 0 Å². The van der Waals surface area contributed by atoms with Crippen LogP contribution in [0.4, 0.5) is 5.69 Å². The average Bonchev–Trinajstić information content (AvgIpc) is 2.92. The first-order valence-corrected chi connectivity index (χ1v) is 6.01. The van der Waals surface area contributed by atoms with E-state index in [1.807, 2.05) is 0 Å². The van der Waals surface area contributed by atoms with Crippen molar-refractivity contribution < 1.29 is 4.79 Å². The van der Waals surface area contributed by atoms with Crippen molar-refractivity contribution in [1.82, 2.24) is 19.6 Å². The maximum Gasteiger partial charge on any atom is 0.297 e. The van der Waals surface area contributed by atoms with Gasteiger partial charge in [-0.25, -0.2) is 9.97 Å². The standard InChI is InChI=1S/C12H8ClN5O2/c13-8-3-1-7(2-4-8)10(19)17-9-5-14-12-15-6-16-18(12)11(9)20/h1-6H,(H,17,19)(H,14,15,16). The van der Waals surface area contributed by atoms with Gasteiger partial charge in [0.25, 0.3) is 17.2 Å². The van der Waals surface area contributed by atoms with E-state index in [0.29, 0.717) is 10.6 Å². The lowest BCUT2D eigenvalue weighted by molar-refractivity contribution is 0.102. The van der Waals surface area contributed by atoms with Crippen LogP contribution in [-0.2, 0) is 0 Å². The summed E-state index contributed by atoms with van der Waals surface area (Å²) in [6.45, 7) is 0. The Bertz CT molecular complexity index is 837. The van der Waals surface area contributed by atoms with Crippen molar-refractivity contribution in [2.24, 2.45) is 0 Å². The molecule has 2 heterocycles. The molecular formula is C12H8ClN5O2. The fraction of sp³-hybridized carbons (Fsp3) is 0. The summed E-state index contributed by atoms with van der Waals surface area (Å²) in [6.07, 6.45) is 2.61. The summed E-state index contributed by atoms with van der Waals surface area (Å²) in [5.41, 5.74) is 0.0185. The number of carbonyl (C=O) groups is 1. The minimum Gasteiger partial charge on any atom is -0.316 e. The number of halogens is 1. The Hall–Kier alpha value is -2.67. The molecule has 2 N–H and O–H groups in total. The third kappa shape index (κ3) is 2.14. The SMILES string of the molecule is O=C(Nc1cnc2nc[nH]n2c1=O)c1ccc(Cl)cc1. The van der Waals surface area contributed by atoms with Gasteiger partial charge in [-0.15, -0.1) is 0 Å². The smallest absolute Gasteiger partial charge is 0.297 e. The lowest BCUT2D eigenvalue weighted by Crippen LogP contribution is -2.23. The van der Waals surface area contributed by atoms with E-state index in [0.717, 1.165) is 4.52 Å². The zero-order chi connectivity index (χ0) is 14.1. The number of nitrogens with zero attached hydrogens (tertiary/aromatic N) is 3. The van der Waals surface area contributed by atoms with Crippen LogP contribution in [0.1, 0.15) is 10.4 Å². The molecule has 0 spiro atoms. The monoisotopic (exact) mass is 289 g/mol. The topological polar surface area (TPSA) is 92.2 Å². The number of fused-ring (bicyclic) bond motifs is 1. The second kappa shape index (κ2) is 4.78. The van der Waals surface area contributed by atoms with Crippen molar-refractivity contribution in [2.75, 3.05) is 5.32 Å². The maximum absolute atomic E-state index is 12.0. The van der Waals surface area contributed by atoms with Crippen molar-refractivity contribution in [3.05, 3.63) is 57.7 Å². The molecule has 20 heavy (non-hydrogen) atoms. The number of rotatable bonds is 2. The molecule has 0 aliphatic rings. The highest BCUT2D eigenvalue weighted by molar-refractivity contribution is 6.30. The van der Waals surface area contributed by atoms with Gasteiger partial charge in [0.1, 0.15) is 12.0 Å². The van der Waals surface area contributed by atoms with E-state index in [9.17, 15) is 9.59 Å². The van der Waals surface area contributed by atoms with Gasteiger partial charge in [-0.05, 0) is 24.3 Å². The molecule has 3 rings (SSSR count). The second-order valence-electron chi connectivity index (χ2n) is 3.96. The van der Waals surface area contributed by atoms with Gasteiger partial charge in [0.2, 0.25) is 0 Å². The summed E-state index contributed by atoms with van der Waals surface area (Å²) >= 11 is 5.75. The largest absolute Gasteiger partial charge is 0.316 e. The number of amides is 1. The summed E-state index contributed by atoms with van der Waals surface area (Å²) in [4.78, 5) is 31.8. The number of carbonyl (C=O) groups excluding carboxylic acids is 1. The fourth-order valence-electron chi connectivity index (χ4n) is 1.68. The van der Waals surface area contributed by atoms with E-state index < -0.39 is 11.5 Å². The van der Waals surface area contributed by atoms with E-state index in [4.69, 9.17) is 11.6 Å². The number of anilines is 1. The van der Waals surface area contributed by atoms with Gasteiger partial charge in [-0.3, -0.25) is 14.7 Å². The number of hydrogen-bond donors (Lipinski definition) is 2. The number of benzene rings is 1. The third-order valence-corrected chi connectivity index (χ3v) is 2.92. The van der Waals surface area contributed by atoms with E-state index in [1.54, 1.807) is 24.3 Å². The normalized spacial score (nSPS) is 10.7. The minimum absolute atomic E-state index is 0.0618. The molecule has 8 heteroatoms. The lowest BCUT2D eigenvalue weighted by atomic mass is 10.2. The average molecular weight is 290 g/mol. The van der Waals surface area contributed by atoms with Crippen molar-refractivity contribution >= 4 is 29.0 Å². The molecule has 0 fully saturated rings. The summed E-state index contributed by atoms with van der Waals surface area (Å²) in [7, 11) is 0. The Morgan fingerprint density at radius 1 is 1.25 bits per heavy atom. The molecule has 1 aromatic carbocycles. The fourth-order valence-corrected chi connectivity index (χ4v) is 1.81. The molecule has 0 aliphatic carbocycles. The van der Waals surface area contributed by atoms with Gasteiger partial charge >= 0.3 is 0 Å². The Balaban J connectivity index is 1.93. The summed E-state index contributed by atoms with van der Waals surface area (Å²) in [5.74, 6) is -0.181. The molecule has 0 aliphatic heterocycles. The first kappa shape index (κ1) is 12.4. The highest BCUT2D eigenvalue weighted by Crippen LogP contribution is 2.10. The van der Waals surface area contributed by atoms with E-state index in [1.165, 1.54) is 12.5 Å². The molecule has 100 valence electrons. The molecular weight excluding hydrogens is 282 g/mol. The number of H-pyrrole nitrogens is 1. The van der Waals surface area contributed by atoms with Gasteiger partial charge in [-0.2, -0.15) is 4.52 Å². The van der Waals surface area contributed by atoms with Gasteiger partial charge < -0.3 is 5.32 Å². The van der Waals surface area contributed by atoms with Crippen LogP contribution in [-0.4, -0.2) is 25.5 Å². The van der Waals surface area contributed by atoms with Crippen LogP contribution >= 0.6 is 11.6 Å². The maximum atomic E-state index is 12.0. The summed E-state index contributed by atoms with van der Waals surface area (Å²) < 4.78 is 1.14. The molecule has 0 bridgehead atoms. The Kier molecular flexibility index (Phi) is 2.96. The predicted octanol–water partition coefficient (Wildman–Crippen LogP) is 1.32. The number of hydrogen-bond acceptors (Lipinski definition) is 4. The molecule has 2 aromatic heterocycles. The zero-order valence-electron chi connectivity index (χ0n) is 10.0. The zero-order valence-corrected chi connectivity index (χ0v) is 10.8. The van der Waals surface area contributed by atoms with Gasteiger partial charge in [0, 0.05) is 10.6 Å². The molecule has 0 atom stereocenters. The highest BCUT2D eigenvalue weighted by Gasteiger charge is 2.11. The second-order valence-corrected chi connectivity index (χ2v) is 4.40. The van der Waals surface area contributed by atoms with Gasteiger partial charge in [-0.1, -0.05) is 11.6 Å². The van der Waals surface area contributed by atoms with E-state index in [2.05, 4.69) is 20.4 Å².